The van der Waals surface area contributed by atoms with Gasteiger partial charge in [-0.05, 0) is 20.2 Å². The van der Waals surface area contributed by atoms with Crippen LogP contribution in [0.15, 0.2) is 18.3 Å². The molecule has 0 aliphatic rings. The molecule has 4 nitrogen and oxygen atoms in total. The highest BCUT2D eigenvalue weighted by Crippen LogP contribution is 2.18. The minimum atomic E-state index is 0.0640. The maximum absolute atomic E-state index is 10.5. The second kappa shape index (κ2) is 5.77. The van der Waals surface area contributed by atoms with Crippen molar-refractivity contribution in [2.45, 2.75) is 13.8 Å². The number of pyridine rings is 1. The maximum Gasteiger partial charge on any atom is 0.213 e. The molecule has 1 aromatic heterocycles. The lowest BCUT2D eigenvalue weighted by atomic mass is 9.94. The van der Waals surface area contributed by atoms with Gasteiger partial charge >= 0.3 is 0 Å². The summed E-state index contributed by atoms with van der Waals surface area (Å²) in [4.78, 5) is 16.7. The van der Waals surface area contributed by atoms with E-state index in [1.165, 1.54) is 6.20 Å². The van der Waals surface area contributed by atoms with Crippen molar-refractivity contribution < 1.29 is 9.53 Å². The summed E-state index contributed by atoms with van der Waals surface area (Å²) in [5.41, 5.74) is 0.624. The van der Waals surface area contributed by atoms with E-state index in [-0.39, 0.29) is 5.41 Å². The molecule has 0 N–H and O–H groups in total. The zero-order chi connectivity index (χ0) is 12.9. The van der Waals surface area contributed by atoms with E-state index < -0.39 is 0 Å². The Bertz CT molecular complexity index is 358. The summed E-state index contributed by atoms with van der Waals surface area (Å²) in [6, 6.07) is 3.42. The lowest BCUT2D eigenvalue weighted by molar-refractivity contribution is 0.112. The van der Waals surface area contributed by atoms with E-state index in [1.807, 2.05) is 14.1 Å². The van der Waals surface area contributed by atoms with Crippen molar-refractivity contribution in [2.24, 2.45) is 5.41 Å². The van der Waals surface area contributed by atoms with Crippen LogP contribution in [-0.2, 0) is 0 Å². The first-order valence-electron chi connectivity index (χ1n) is 5.62. The Morgan fingerprint density at radius 1 is 1.41 bits per heavy atom. The third-order valence-electron chi connectivity index (χ3n) is 2.25. The van der Waals surface area contributed by atoms with Crippen LogP contribution in [0, 0.1) is 5.41 Å². The summed E-state index contributed by atoms with van der Waals surface area (Å²) in [5.74, 6) is 0.558. The zero-order valence-electron chi connectivity index (χ0n) is 10.9. The molecule has 1 heterocycles. The molecule has 17 heavy (non-hydrogen) atoms. The van der Waals surface area contributed by atoms with Gasteiger partial charge in [0.05, 0.1) is 6.61 Å². The van der Waals surface area contributed by atoms with E-state index in [0.717, 1.165) is 12.8 Å². The molecule has 0 bridgehead atoms. The van der Waals surface area contributed by atoms with Gasteiger partial charge in [0.2, 0.25) is 5.88 Å². The predicted octanol–water partition coefficient (Wildman–Crippen LogP) is 1.86. The number of carbonyl (C=O) groups excluding carboxylic acids is 1. The van der Waals surface area contributed by atoms with E-state index in [4.69, 9.17) is 4.74 Å². The number of hydrogen-bond acceptors (Lipinski definition) is 4. The zero-order valence-corrected chi connectivity index (χ0v) is 10.9. The number of carbonyl (C=O) groups is 1. The lowest BCUT2D eigenvalue weighted by Crippen LogP contribution is -2.33. The van der Waals surface area contributed by atoms with Crippen molar-refractivity contribution in [1.82, 2.24) is 9.88 Å². The first-order valence-corrected chi connectivity index (χ1v) is 5.62. The van der Waals surface area contributed by atoms with Gasteiger partial charge in [0.25, 0.3) is 0 Å². The highest BCUT2D eigenvalue weighted by molar-refractivity contribution is 5.73. The summed E-state index contributed by atoms with van der Waals surface area (Å²) in [6.45, 7) is 5.83. The van der Waals surface area contributed by atoms with Crippen LogP contribution in [0.25, 0.3) is 0 Å². The van der Waals surface area contributed by atoms with Gasteiger partial charge in [0, 0.05) is 29.8 Å². The van der Waals surface area contributed by atoms with Gasteiger partial charge in [-0.15, -0.1) is 0 Å². The maximum atomic E-state index is 10.5. The molecular weight excluding hydrogens is 216 g/mol. The molecule has 1 rings (SSSR count). The van der Waals surface area contributed by atoms with E-state index in [1.54, 1.807) is 12.1 Å². The Hall–Kier alpha value is -1.42. The first-order chi connectivity index (χ1) is 7.93. The van der Waals surface area contributed by atoms with E-state index in [9.17, 15) is 4.79 Å². The monoisotopic (exact) mass is 236 g/mol. The summed E-state index contributed by atoms with van der Waals surface area (Å²) in [5, 5.41) is 0. The molecule has 0 amide bonds. The Kier molecular flexibility index (Phi) is 4.63. The van der Waals surface area contributed by atoms with Crippen LogP contribution in [0.3, 0.4) is 0 Å². The van der Waals surface area contributed by atoms with Crippen molar-refractivity contribution >= 4 is 6.29 Å². The molecule has 0 unspecified atom stereocenters. The minimum Gasteiger partial charge on any atom is -0.477 e. The Labute approximate surface area is 103 Å². The number of ether oxygens (including phenoxy) is 1. The Balaban J connectivity index is 2.51. The van der Waals surface area contributed by atoms with Crippen molar-refractivity contribution in [3.05, 3.63) is 23.9 Å². The molecular formula is C13H20N2O2. The van der Waals surface area contributed by atoms with E-state index in [0.29, 0.717) is 18.1 Å². The lowest BCUT2D eigenvalue weighted by Gasteiger charge is -2.27. The molecule has 0 aliphatic carbocycles. The fourth-order valence-corrected chi connectivity index (χ4v) is 1.72. The second-order valence-electron chi connectivity index (χ2n) is 5.24. The average molecular weight is 236 g/mol. The van der Waals surface area contributed by atoms with Crippen molar-refractivity contribution in [2.75, 3.05) is 27.2 Å². The SMILES string of the molecule is CN(C)CC(C)(C)COc1ccc(C=O)cn1. The molecule has 0 saturated carbocycles. The fraction of sp³-hybridized carbons (Fsp3) is 0.538. The fourth-order valence-electron chi connectivity index (χ4n) is 1.72. The van der Waals surface area contributed by atoms with Gasteiger partial charge < -0.3 is 9.64 Å². The van der Waals surface area contributed by atoms with Gasteiger partial charge in [-0.3, -0.25) is 4.79 Å². The molecule has 0 spiro atoms. The van der Waals surface area contributed by atoms with Gasteiger partial charge in [-0.1, -0.05) is 13.8 Å². The average Bonchev–Trinajstić information content (AvgIpc) is 2.25. The molecule has 0 atom stereocenters. The van der Waals surface area contributed by atoms with Crippen LogP contribution < -0.4 is 4.74 Å². The number of hydrogen-bond donors (Lipinski definition) is 0. The van der Waals surface area contributed by atoms with E-state index >= 15 is 0 Å². The standard InChI is InChI=1S/C13H20N2O2/c1-13(2,9-15(3)4)10-17-12-6-5-11(8-16)7-14-12/h5-8H,9-10H2,1-4H3. The van der Waals surface area contributed by atoms with Gasteiger partial charge in [0.1, 0.15) is 0 Å². The smallest absolute Gasteiger partial charge is 0.213 e. The van der Waals surface area contributed by atoms with Crippen molar-refractivity contribution in [3.63, 3.8) is 0 Å². The predicted molar refractivity (Wildman–Crippen MR) is 67.5 cm³/mol. The third kappa shape index (κ3) is 4.95. The first kappa shape index (κ1) is 13.6. The topological polar surface area (TPSA) is 42.4 Å². The van der Waals surface area contributed by atoms with Crippen molar-refractivity contribution in [1.29, 1.82) is 0 Å². The number of rotatable bonds is 6. The molecule has 0 saturated heterocycles. The van der Waals surface area contributed by atoms with Gasteiger partial charge in [-0.25, -0.2) is 4.98 Å². The Morgan fingerprint density at radius 3 is 2.59 bits per heavy atom. The van der Waals surface area contributed by atoms with Crippen LogP contribution in [-0.4, -0.2) is 43.4 Å². The van der Waals surface area contributed by atoms with Crippen molar-refractivity contribution in [3.8, 4) is 5.88 Å². The van der Waals surface area contributed by atoms with Crippen LogP contribution in [0.1, 0.15) is 24.2 Å². The quantitative estimate of drug-likeness (QED) is 0.707. The minimum absolute atomic E-state index is 0.0640. The van der Waals surface area contributed by atoms with Crippen LogP contribution in [0.5, 0.6) is 5.88 Å². The van der Waals surface area contributed by atoms with Gasteiger partial charge in [-0.2, -0.15) is 0 Å². The van der Waals surface area contributed by atoms with Crippen LogP contribution in [0.4, 0.5) is 0 Å². The summed E-state index contributed by atoms with van der Waals surface area (Å²) < 4.78 is 5.62. The second-order valence-corrected chi connectivity index (χ2v) is 5.24. The van der Waals surface area contributed by atoms with E-state index in [2.05, 4.69) is 23.7 Å². The molecule has 4 heteroatoms. The van der Waals surface area contributed by atoms with Gasteiger partial charge in [0.15, 0.2) is 6.29 Å². The van der Waals surface area contributed by atoms with Crippen LogP contribution >= 0.6 is 0 Å². The molecule has 0 fully saturated rings. The molecule has 0 aromatic carbocycles. The Morgan fingerprint density at radius 2 is 2.12 bits per heavy atom. The third-order valence-corrected chi connectivity index (χ3v) is 2.25. The summed E-state index contributed by atoms with van der Waals surface area (Å²) in [6.07, 6.45) is 2.29. The molecule has 1 aromatic rings. The number of nitrogens with zero attached hydrogens (tertiary/aromatic N) is 2. The summed E-state index contributed by atoms with van der Waals surface area (Å²) >= 11 is 0. The number of aldehydes is 1. The molecule has 94 valence electrons. The highest BCUT2D eigenvalue weighted by Gasteiger charge is 2.20. The summed E-state index contributed by atoms with van der Waals surface area (Å²) in [7, 11) is 4.08. The van der Waals surface area contributed by atoms with Crippen LogP contribution in [0.2, 0.25) is 0 Å². The molecule has 0 aliphatic heterocycles. The highest BCUT2D eigenvalue weighted by atomic mass is 16.5. The molecule has 0 radical (unpaired) electrons. The number of aromatic nitrogens is 1. The largest absolute Gasteiger partial charge is 0.477 e. The normalized spacial score (nSPS) is 11.6.